The van der Waals surface area contributed by atoms with Crippen LogP contribution >= 0.6 is 0 Å². The number of hydrogen-bond acceptors (Lipinski definition) is 5. The first kappa shape index (κ1) is 17.9. The predicted octanol–water partition coefficient (Wildman–Crippen LogP) is 2.19. The second-order valence-electron chi connectivity index (χ2n) is 6.01. The van der Waals surface area contributed by atoms with Crippen molar-refractivity contribution in [2.75, 3.05) is 19.0 Å². The summed E-state index contributed by atoms with van der Waals surface area (Å²) in [5.41, 5.74) is 0.672. The van der Waals surface area contributed by atoms with Crippen molar-refractivity contribution >= 4 is 17.8 Å². The number of urea groups is 1. The normalized spacial score (nSPS) is 12.5. The maximum absolute atomic E-state index is 12.2. The Balaban J connectivity index is 2.78. The van der Waals surface area contributed by atoms with Crippen LogP contribution in [0.25, 0.3) is 0 Å². The molecule has 1 N–H and O–H groups in total. The Labute approximate surface area is 131 Å². The standard InChI is InChI=1S/C15H24N4O3/c1-7-22-13(20)10(2)19(6)14(21)18-12-8-11(15(3,4)5)16-9-17-12/h8-10H,7H2,1-6H3,(H,16,17,18,21). The Kier molecular flexibility index (Phi) is 5.84. The molecule has 0 fully saturated rings. The van der Waals surface area contributed by atoms with Crippen LogP contribution < -0.4 is 5.32 Å². The van der Waals surface area contributed by atoms with Crippen molar-refractivity contribution in [2.24, 2.45) is 0 Å². The second kappa shape index (κ2) is 7.20. The summed E-state index contributed by atoms with van der Waals surface area (Å²) in [7, 11) is 1.53. The van der Waals surface area contributed by atoms with Gasteiger partial charge in [0.15, 0.2) is 0 Å². The zero-order valence-electron chi connectivity index (χ0n) is 14.0. The number of ether oxygens (including phenoxy) is 1. The van der Waals surface area contributed by atoms with Gasteiger partial charge in [-0.15, -0.1) is 0 Å². The van der Waals surface area contributed by atoms with Gasteiger partial charge in [-0.2, -0.15) is 0 Å². The van der Waals surface area contributed by atoms with Crippen LogP contribution in [0.2, 0.25) is 0 Å². The van der Waals surface area contributed by atoms with E-state index in [-0.39, 0.29) is 12.0 Å². The molecule has 0 aliphatic rings. The number of nitrogens with one attached hydrogen (secondary N) is 1. The number of rotatable bonds is 4. The number of hydrogen-bond donors (Lipinski definition) is 1. The highest BCUT2D eigenvalue weighted by Crippen LogP contribution is 2.21. The summed E-state index contributed by atoms with van der Waals surface area (Å²) in [6.07, 6.45) is 1.41. The molecule has 7 nitrogen and oxygen atoms in total. The zero-order chi connectivity index (χ0) is 16.9. The van der Waals surface area contributed by atoms with E-state index in [2.05, 4.69) is 15.3 Å². The van der Waals surface area contributed by atoms with Gasteiger partial charge in [0.25, 0.3) is 0 Å². The molecule has 1 atom stereocenters. The van der Waals surface area contributed by atoms with E-state index < -0.39 is 18.0 Å². The van der Waals surface area contributed by atoms with Crippen molar-refractivity contribution in [3.05, 3.63) is 18.1 Å². The number of amides is 2. The highest BCUT2D eigenvalue weighted by Gasteiger charge is 2.24. The lowest BCUT2D eigenvalue weighted by Crippen LogP contribution is -2.43. The molecule has 1 aromatic heterocycles. The van der Waals surface area contributed by atoms with E-state index in [0.29, 0.717) is 5.82 Å². The molecule has 1 heterocycles. The largest absolute Gasteiger partial charge is 0.464 e. The molecular weight excluding hydrogens is 284 g/mol. The smallest absolute Gasteiger partial charge is 0.328 e. The van der Waals surface area contributed by atoms with E-state index in [4.69, 9.17) is 4.74 Å². The molecule has 122 valence electrons. The Bertz CT molecular complexity index is 540. The number of likely N-dealkylation sites (N-methyl/N-ethyl adjacent to an activating group) is 1. The van der Waals surface area contributed by atoms with E-state index in [1.807, 2.05) is 20.8 Å². The van der Waals surface area contributed by atoms with Crippen LogP contribution in [0.3, 0.4) is 0 Å². The number of nitrogens with zero attached hydrogens (tertiary/aromatic N) is 3. The molecule has 0 aliphatic heterocycles. The average Bonchev–Trinajstić information content (AvgIpc) is 2.45. The van der Waals surface area contributed by atoms with Crippen molar-refractivity contribution in [2.45, 2.75) is 46.1 Å². The number of anilines is 1. The van der Waals surface area contributed by atoms with Gasteiger partial charge < -0.3 is 9.64 Å². The first-order valence-corrected chi connectivity index (χ1v) is 7.19. The fraction of sp³-hybridized carbons (Fsp3) is 0.600. The van der Waals surface area contributed by atoms with E-state index in [0.717, 1.165) is 5.69 Å². The zero-order valence-corrected chi connectivity index (χ0v) is 14.0. The molecule has 7 heteroatoms. The topological polar surface area (TPSA) is 84.4 Å². The fourth-order valence-electron chi connectivity index (χ4n) is 1.63. The average molecular weight is 308 g/mol. The molecule has 0 aromatic carbocycles. The van der Waals surface area contributed by atoms with Crippen LogP contribution in [0.1, 0.15) is 40.3 Å². The van der Waals surface area contributed by atoms with E-state index in [1.165, 1.54) is 18.3 Å². The summed E-state index contributed by atoms with van der Waals surface area (Å²) in [4.78, 5) is 33.3. The minimum absolute atomic E-state index is 0.146. The minimum Gasteiger partial charge on any atom is -0.464 e. The van der Waals surface area contributed by atoms with Crippen LogP contribution in [-0.4, -0.2) is 46.6 Å². The van der Waals surface area contributed by atoms with Crippen LogP contribution in [0.4, 0.5) is 10.6 Å². The van der Waals surface area contributed by atoms with Gasteiger partial charge in [0.05, 0.1) is 12.3 Å². The summed E-state index contributed by atoms with van der Waals surface area (Å²) < 4.78 is 4.90. The predicted molar refractivity (Wildman–Crippen MR) is 83.6 cm³/mol. The molecule has 0 radical (unpaired) electrons. The van der Waals surface area contributed by atoms with Gasteiger partial charge in [0, 0.05) is 18.5 Å². The summed E-state index contributed by atoms with van der Waals surface area (Å²) in [6.45, 7) is 9.68. The lowest BCUT2D eigenvalue weighted by Gasteiger charge is -2.23. The third-order valence-electron chi connectivity index (χ3n) is 3.20. The third-order valence-corrected chi connectivity index (χ3v) is 3.20. The lowest BCUT2D eigenvalue weighted by atomic mass is 9.92. The third kappa shape index (κ3) is 4.68. The van der Waals surface area contributed by atoms with Crippen LogP contribution in [-0.2, 0) is 14.9 Å². The van der Waals surface area contributed by atoms with Gasteiger partial charge in [-0.1, -0.05) is 20.8 Å². The Morgan fingerprint density at radius 3 is 2.55 bits per heavy atom. The molecule has 0 saturated heterocycles. The Morgan fingerprint density at radius 1 is 1.36 bits per heavy atom. The number of carbonyl (C=O) groups is 2. The van der Waals surface area contributed by atoms with E-state index >= 15 is 0 Å². The molecule has 0 spiro atoms. The highest BCUT2D eigenvalue weighted by atomic mass is 16.5. The van der Waals surface area contributed by atoms with Gasteiger partial charge >= 0.3 is 12.0 Å². The van der Waals surface area contributed by atoms with Gasteiger partial charge in [-0.3, -0.25) is 5.32 Å². The molecule has 2 amide bonds. The maximum Gasteiger partial charge on any atom is 0.328 e. The Hall–Kier alpha value is -2.18. The van der Waals surface area contributed by atoms with Crippen molar-refractivity contribution in [1.29, 1.82) is 0 Å². The quantitative estimate of drug-likeness (QED) is 0.862. The number of carbonyl (C=O) groups excluding carboxylic acids is 2. The minimum atomic E-state index is -0.677. The van der Waals surface area contributed by atoms with Crippen molar-refractivity contribution in [1.82, 2.24) is 14.9 Å². The summed E-state index contributed by atoms with van der Waals surface area (Å²) in [6, 6.07) is 0.615. The molecule has 0 saturated carbocycles. The molecule has 1 unspecified atom stereocenters. The van der Waals surface area contributed by atoms with Crippen LogP contribution in [0.5, 0.6) is 0 Å². The van der Waals surface area contributed by atoms with Crippen molar-refractivity contribution in [3.63, 3.8) is 0 Å². The van der Waals surface area contributed by atoms with Crippen LogP contribution in [0, 0.1) is 0 Å². The van der Waals surface area contributed by atoms with Crippen molar-refractivity contribution in [3.8, 4) is 0 Å². The highest BCUT2D eigenvalue weighted by molar-refractivity contribution is 5.91. The molecule has 22 heavy (non-hydrogen) atoms. The Morgan fingerprint density at radius 2 is 2.00 bits per heavy atom. The van der Waals surface area contributed by atoms with Gasteiger partial charge in [-0.25, -0.2) is 19.6 Å². The number of aromatic nitrogens is 2. The molecule has 0 aliphatic carbocycles. The second-order valence-corrected chi connectivity index (χ2v) is 6.01. The van der Waals surface area contributed by atoms with Gasteiger partial charge in [-0.05, 0) is 13.8 Å². The fourth-order valence-corrected chi connectivity index (χ4v) is 1.63. The van der Waals surface area contributed by atoms with Crippen molar-refractivity contribution < 1.29 is 14.3 Å². The SMILES string of the molecule is CCOC(=O)C(C)N(C)C(=O)Nc1cc(C(C)(C)C)ncn1. The van der Waals surface area contributed by atoms with E-state index in [9.17, 15) is 9.59 Å². The summed E-state index contributed by atoms with van der Waals surface area (Å²) in [5.74, 6) is -0.0500. The monoisotopic (exact) mass is 308 g/mol. The van der Waals surface area contributed by atoms with E-state index in [1.54, 1.807) is 19.9 Å². The molecule has 1 aromatic rings. The summed E-state index contributed by atoms with van der Waals surface area (Å²) in [5, 5.41) is 2.66. The first-order valence-electron chi connectivity index (χ1n) is 7.19. The molecule has 1 rings (SSSR count). The lowest BCUT2D eigenvalue weighted by molar-refractivity contribution is -0.147. The molecule has 0 bridgehead atoms. The molecular formula is C15H24N4O3. The maximum atomic E-state index is 12.2. The number of esters is 1. The van der Waals surface area contributed by atoms with Crippen LogP contribution in [0.15, 0.2) is 12.4 Å². The summed E-state index contributed by atoms with van der Waals surface area (Å²) >= 11 is 0. The van der Waals surface area contributed by atoms with Gasteiger partial charge in [0.1, 0.15) is 18.2 Å². The first-order chi connectivity index (χ1) is 10.2. The van der Waals surface area contributed by atoms with Gasteiger partial charge in [0.2, 0.25) is 0 Å².